The number of alkyl halides is 3. The lowest BCUT2D eigenvalue weighted by atomic mass is 10.2. The standard InChI is InChI=1S/C16H17F3N2O2S/c17-16(18,19)12-3-1-2-4-13(12)22-8-6-21-7-9-23-14(11-21)15-20-5-10-24-15/h1-5,10,14H,6-9,11H2. The van der Waals surface area contributed by atoms with E-state index in [0.29, 0.717) is 19.7 Å². The van der Waals surface area contributed by atoms with Crippen molar-refractivity contribution in [3.05, 3.63) is 46.4 Å². The summed E-state index contributed by atoms with van der Waals surface area (Å²) >= 11 is 1.54. The van der Waals surface area contributed by atoms with E-state index in [1.165, 1.54) is 29.5 Å². The third-order valence-corrected chi connectivity index (χ3v) is 4.60. The second-order valence-corrected chi connectivity index (χ2v) is 6.30. The van der Waals surface area contributed by atoms with Gasteiger partial charge in [-0.25, -0.2) is 4.98 Å². The number of hydrogen-bond acceptors (Lipinski definition) is 5. The Morgan fingerprint density at radius 2 is 2.17 bits per heavy atom. The Morgan fingerprint density at radius 1 is 1.33 bits per heavy atom. The smallest absolute Gasteiger partial charge is 0.419 e. The zero-order chi connectivity index (χ0) is 17.0. The summed E-state index contributed by atoms with van der Waals surface area (Å²) in [6, 6.07) is 5.27. The molecule has 1 atom stereocenters. The van der Waals surface area contributed by atoms with Crippen LogP contribution in [0.1, 0.15) is 16.7 Å². The summed E-state index contributed by atoms with van der Waals surface area (Å²) in [4.78, 5) is 6.37. The summed E-state index contributed by atoms with van der Waals surface area (Å²) < 4.78 is 49.9. The number of aromatic nitrogens is 1. The van der Waals surface area contributed by atoms with E-state index in [0.717, 1.165) is 17.6 Å². The Hall–Kier alpha value is -1.64. The molecule has 2 aromatic rings. The molecule has 24 heavy (non-hydrogen) atoms. The van der Waals surface area contributed by atoms with Gasteiger partial charge in [-0.3, -0.25) is 4.90 Å². The van der Waals surface area contributed by atoms with Gasteiger partial charge in [0.15, 0.2) is 0 Å². The van der Waals surface area contributed by atoms with Gasteiger partial charge in [-0.05, 0) is 12.1 Å². The number of ether oxygens (including phenoxy) is 2. The summed E-state index contributed by atoms with van der Waals surface area (Å²) in [5, 5.41) is 2.82. The summed E-state index contributed by atoms with van der Waals surface area (Å²) in [5.74, 6) is -0.130. The van der Waals surface area contributed by atoms with Crippen LogP contribution in [-0.4, -0.2) is 42.7 Å². The molecular weight excluding hydrogens is 341 g/mol. The number of halogens is 3. The molecule has 1 aliphatic rings. The van der Waals surface area contributed by atoms with Gasteiger partial charge < -0.3 is 9.47 Å². The molecule has 1 aromatic carbocycles. The highest BCUT2D eigenvalue weighted by Gasteiger charge is 2.34. The van der Waals surface area contributed by atoms with E-state index in [4.69, 9.17) is 9.47 Å². The zero-order valence-electron chi connectivity index (χ0n) is 12.8. The fourth-order valence-corrected chi connectivity index (χ4v) is 3.24. The monoisotopic (exact) mass is 358 g/mol. The van der Waals surface area contributed by atoms with Gasteiger partial charge in [0.05, 0.1) is 12.2 Å². The van der Waals surface area contributed by atoms with E-state index in [1.54, 1.807) is 6.20 Å². The van der Waals surface area contributed by atoms with E-state index in [2.05, 4.69) is 9.88 Å². The van der Waals surface area contributed by atoms with Crippen LogP contribution in [0.2, 0.25) is 0 Å². The first-order valence-corrected chi connectivity index (χ1v) is 8.44. The van der Waals surface area contributed by atoms with Crippen LogP contribution < -0.4 is 4.74 Å². The number of hydrogen-bond donors (Lipinski definition) is 0. The predicted octanol–water partition coefficient (Wildman–Crippen LogP) is 3.61. The van der Waals surface area contributed by atoms with Gasteiger partial charge in [-0.15, -0.1) is 11.3 Å². The maximum absolute atomic E-state index is 12.9. The molecule has 130 valence electrons. The van der Waals surface area contributed by atoms with Crippen molar-refractivity contribution in [3.63, 3.8) is 0 Å². The molecule has 1 unspecified atom stereocenters. The summed E-state index contributed by atoms with van der Waals surface area (Å²) in [6.07, 6.45) is -2.76. The molecule has 0 saturated carbocycles. The van der Waals surface area contributed by atoms with Crippen molar-refractivity contribution < 1.29 is 22.6 Å². The summed E-state index contributed by atoms with van der Waals surface area (Å²) in [7, 11) is 0. The quantitative estimate of drug-likeness (QED) is 0.818. The van der Waals surface area contributed by atoms with E-state index in [9.17, 15) is 13.2 Å². The molecule has 0 N–H and O–H groups in total. The van der Waals surface area contributed by atoms with Crippen LogP contribution in [0.5, 0.6) is 5.75 Å². The molecule has 8 heteroatoms. The molecule has 1 aromatic heterocycles. The highest BCUT2D eigenvalue weighted by Crippen LogP contribution is 2.35. The van der Waals surface area contributed by atoms with Crippen LogP contribution in [0.3, 0.4) is 0 Å². The molecule has 4 nitrogen and oxygen atoms in total. The minimum absolute atomic E-state index is 0.0822. The summed E-state index contributed by atoms with van der Waals surface area (Å²) in [6.45, 7) is 2.70. The molecule has 1 aliphatic heterocycles. The van der Waals surface area contributed by atoms with E-state index < -0.39 is 11.7 Å². The topological polar surface area (TPSA) is 34.6 Å². The Morgan fingerprint density at radius 3 is 2.92 bits per heavy atom. The van der Waals surface area contributed by atoms with Crippen LogP contribution in [0.25, 0.3) is 0 Å². The molecule has 2 heterocycles. The van der Waals surface area contributed by atoms with Crippen molar-refractivity contribution in [2.45, 2.75) is 12.3 Å². The van der Waals surface area contributed by atoms with Gasteiger partial charge in [0.25, 0.3) is 0 Å². The summed E-state index contributed by atoms with van der Waals surface area (Å²) in [5.41, 5.74) is -0.743. The largest absolute Gasteiger partial charge is 0.492 e. The molecule has 0 spiro atoms. The number of para-hydroxylation sites is 1. The zero-order valence-corrected chi connectivity index (χ0v) is 13.6. The normalized spacial score (nSPS) is 19.4. The molecule has 0 bridgehead atoms. The molecule has 1 saturated heterocycles. The van der Waals surface area contributed by atoms with Crippen molar-refractivity contribution in [3.8, 4) is 5.75 Å². The molecule has 0 amide bonds. The first-order valence-electron chi connectivity index (χ1n) is 7.56. The highest BCUT2D eigenvalue weighted by atomic mass is 32.1. The molecule has 1 fully saturated rings. The second-order valence-electron chi connectivity index (χ2n) is 5.37. The van der Waals surface area contributed by atoms with Crippen molar-refractivity contribution in [1.29, 1.82) is 0 Å². The lowest BCUT2D eigenvalue weighted by Crippen LogP contribution is -2.40. The fraction of sp³-hybridized carbons (Fsp3) is 0.438. The minimum atomic E-state index is -4.41. The fourth-order valence-electron chi connectivity index (χ4n) is 2.56. The van der Waals surface area contributed by atoms with Crippen LogP contribution in [-0.2, 0) is 10.9 Å². The van der Waals surface area contributed by atoms with Gasteiger partial charge in [0.1, 0.15) is 23.5 Å². The number of morpholine rings is 1. The Labute approximate surface area is 141 Å². The van der Waals surface area contributed by atoms with E-state index >= 15 is 0 Å². The number of rotatable bonds is 5. The second kappa shape index (κ2) is 7.50. The van der Waals surface area contributed by atoms with Gasteiger partial charge in [0.2, 0.25) is 0 Å². The molecular formula is C16H17F3N2O2S. The van der Waals surface area contributed by atoms with Crippen molar-refractivity contribution in [2.75, 3.05) is 32.8 Å². The van der Waals surface area contributed by atoms with Crippen molar-refractivity contribution in [1.82, 2.24) is 9.88 Å². The van der Waals surface area contributed by atoms with Crippen molar-refractivity contribution >= 4 is 11.3 Å². The number of benzene rings is 1. The predicted molar refractivity (Wildman–Crippen MR) is 84.2 cm³/mol. The number of thiazole rings is 1. The lowest BCUT2D eigenvalue weighted by Gasteiger charge is -2.31. The average Bonchev–Trinajstić information content (AvgIpc) is 3.09. The Bertz CT molecular complexity index is 649. The third-order valence-electron chi connectivity index (χ3n) is 3.73. The molecule has 0 aliphatic carbocycles. The SMILES string of the molecule is FC(F)(F)c1ccccc1OCCN1CCOC(c2nccs2)C1. The van der Waals surface area contributed by atoms with Crippen LogP contribution in [0.15, 0.2) is 35.8 Å². The maximum atomic E-state index is 12.9. The van der Waals surface area contributed by atoms with E-state index in [-0.39, 0.29) is 18.5 Å². The molecule has 0 radical (unpaired) electrons. The number of nitrogens with zero attached hydrogens (tertiary/aromatic N) is 2. The van der Waals surface area contributed by atoms with Gasteiger partial charge in [0, 0.05) is 31.2 Å². The van der Waals surface area contributed by atoms with E-state index in [1.807, 2.05) is 5.38 Å². The third kappa shape index (κ3) is 4.25. The Kier molecular flexibility index (Phi) is 5.37. The van der Waals surface area contributed by atoms with Gasteiger partial charge in [-0.1, -0.05) is 12.1 Å². The van der Waals surface area contributed by atoms with Crippen LogP contribution in [0.4, 0.5) is 13.2 Å². The minimum Gasteiger partial charge on any atom is -0.492 e. The highest BCUT2D eigenvalue weighted by molar-refractivity contribution is 7.09. The maximum Gasteiger partial charge on any atom is 0.419 e. The molecule has 3 rings (SSSR count). The van der Waals surface area contributed by atoms with Crippen LogP contribution >= 0.6 is 11.3 Å². The van der Waals surface area contributed by atoms with Crippen molar-refractivity contribution in [2.24, 2.45) is 0 Å². The van der Waals surface area contributed by atoms with Gasteiger partial charge >= 0.3 is 6.18 Å². The lowest BCUT2D eigenvalue weighted by molar-refractivity contribution is -0.139. The Balaban J connectivity index is 1.54. The first kappa shape index (κ1) is 17.2. The average molecular weight is 358 g/mol. The first-order chi connectivity index (χ1) is 11.5. The van der Waals surface area contributed by atoms with Gasteiger partial charge in [-0.2, -0.15) is 13.2 Å². The van der Waals surface area contributed by atoms with Crippen LogP contribution in [0, 0.1) is 0 Å².